The summed E-state index contributed by atoms with van der Waals surface area (Å²) in [6.45, 7) is 3.95. The second-order valence-corrected chi connectivity index (χ2v) is 8.02. The Balaban J connectivity index is 1.24. The fourth-order valence-electron chi connectivity index (χ4n) is 4.18. The first-order valence-electron chi connectivity index (χ1n) is 11.3. The van der Waals surface area contributed by atoms with Gasteiger partial charge >= 0.3 is 0 Å². The molecule has 0 unspecified atom stereocenters. The molecule has 1 aliphatic heterocycles. The van der Waals surface area contributed by atoms with Crippen LogP contribution >= 0.6 is 0 Å². The van der Waals surface area contributed by atoms with E-state index in [1.165, 1.54) is 0 Å². The fraction of sp³-hybridized carbons (Fsp3) is 0.280. The topological polar surface area (TPSA) is 85.2 Å². The van der Waals surface area contributed by atoms with Crippen molar-refractivity contribution in [2.75, 3.05) is 25.0 Å². The fourth-order valence-corrected chi connectivity index (χ4v) is 4.18. The first kappa shape index (κ1) is 20.9. The van der Waals surface area contributed by atoms with Crippen molar-refractivity contribution in [2.45, 2.75) is 25.8 Å². The number of anilines is 1. The van der Waals surface area contributed by atoms with Crippen LogP contribution in [0.5, 0.6) is 5.75 Å². The molecule has 1 fully saturated rings. The van der Waals surface area contributed by atoms with Crippen LogP contribution in [0.2, 0.25) is 0 Å². The van der Waals surface area contributed by atoms with Gasteiger partial charge in [0, 0.05) is 24.7 Å². The van der Waals surface area contributed by atoms with Gasteiger partial charge in [-0.05, 0) is 56.2 Å². The molecule has 0 radical (unpaired) electrons. The Hall–Kier alpha value is -3.94. The number of aromatic nitrogens is 4. The zero-order valence-corrected chi connectivity index (χ0v) is 18.5. The monoisotopic (exact) mass is 442 g/mol. The van der Waals surface area contributed by atoms with Crippen LogP contribution in [0.25, 0.3) is 16.7 Å². The lowest BCUT2D eigenvalue weighted by Gasteiger charge is -2.32. The van der Waals surface area contributed by atoms with E-state index in [0.29, 0.717) is 25.3 Å². The Bertz CT molecular complexity index is 1230. The van der Waals surface area contributed by atoms with Crippen molar-refractivity contribution in [3.63, 3.8) is 0 Å². The maximum Gasteiger partial charge on any atom is 0.253 e. The van der Waals surface area contributed by atoms with Gasteiger partial charge in [-0.15, -0.1) is 0 Å². The molecule has 1 amide bonds. The predicted molar refractivity (Wildman–Crippen MR) is 127 cm³/mol. The van der Waals surface area contributed by atoms with Gasteiger partial charge in [-0.1, -0.05) is 18.2 Å². The lowest BCUT2D eigenvalue weighted by Crippen LogP contribution is -2.42. The lowest BCUT2D eigenvalue weighted by molar-refractivity contribution is 0.0718. The highest BCUT2D eigenvalue weighted by Crippen LogP contribution is 2.24. The van der Waals surface area contributed by atoms with Gasteiger partial charge in [0.25, 0.3) is 5.91 Å². The number of rotatable bonds is 6. The van der Waals surface area contributed by atoms with E-state index in [4.69, 9.17) is 4.74 Å². The molecule has 168 valence electrons. The van der Waals surface area contributed by atoms with Gasteiger partial charge in [0.2, 0.25) is 0 Å². The van der Waals surface area contributed by atoms with E-state index in [1.807, 2.05) is 71.1 Å². The number of fused-ring (bicyclic) bond motifs is 1. The summed E-state index contributed by atoms with van der Waals surface area (Å²) < 4.78 is 7.28. The number of amides is 1. The minimum absolute atomic E-state index is 0.0602. The number of nitrogens with one attached hydrogen (secondary N) is 1. The molecule has 5 rings (SSSR count). The normalized spacial score (nSPS) is 14.4. The first-order chi connectivity index (χ1) is 16.2. The van der Waals surface area contributed by atoms with Crippen molar-refractivity contribution < 1.29 is 9.53 Å². The van der Waals surface area contributed by atoms with Crippen LogP contribution in [0.15, 0.2) is 67.1 Å². The van der Waals surface area contributed by atoms with E-state index >= 15 is 0 Å². The van der Waals surface area contributed by atoms with E-state index in [2.05, 4.69) is 20.4 Å². The smallest absolute Gasteiger partial charge is 0.253 e. The number of benzene rings is 2. The molecular formula is C25H26N6O2. The van der Waals surface area contributed by atoms with E-state index in [9.17, 15) is 4.79 Å². The molecule has 3 heterocycles. The Morgan fingerprint density at radius 2 is 1.82 bits per heavy atom. The number of likely N-dealkylation sites (tertiary alicyclic amines) is 1. The van der Waals surface area contributed by atoms with Gasteiger partial charge in [-0.2, -0.15) is 5.10 Å². The summed E-state index contributed by atoms with van der Waals surface area (Å²) in [7, 11) is 0. The number of nitrogens with zero attached hydrogens (tertiary/aromatic N) is 5. The third-order valence-electron chi connectivity index (χ3n) is 5.90. The highest BCUT2D eigenvalue weighted by Gasteiger charge is 2.24. The molecule has 0 atom stereocenters. The summed E-state index contributed by atoms with van der Waals surface area (Å²) in [5.41, 5.74) is 2.41. The van der Waals surface area contributed by atoms with Crippen LogP contribution < -0.4 is 10.1 Å². The molecule has 2 aromatic heterocycles. The average molecular weight is 443 g/mol. The standard InChI is InChI=1S/C25H26N6O2/c1-2-33-21-10-8-18(9-11-21)25(32)30-14-12-19(13-15-30)29-23-22-16-28-31(24(22)27-17-26-23)20-6-4-3-5-7-20/h3-11,16-17,19H,2,12-15H2,1H3,(H,26,27,29). The molecule has 2 aromatic carbocycles. The molecule has 33 heavy (non-hydrogen) atoms. The van der Waals surface area contributed by atoms with Crippen LogP contribution in [0.3, 0.4) is 0 Å². The van der Waals surface area contributed by atoms with E-state index in [0.717, 1.165) is 41.1 Å². The maximum absolute atomic E-state index is 12.9. The summed E-state index contributed by atoms with van der Waals surface area (Å²) in [4.78, 5) is 23.7. The summed E-state index contributed by atoms with van der Waals surface area (Å²) in [5.74, 6) is 1.62. The second kappa shape index (κ2) is 9.28. The number of ether oxygens (including phenoxy) is 1. The molecule has 0 saturated carbocycles. The number of hydrogen-bond donors (Lipinski definition) is 1. The molecule has 1 N–H and O–H groups in total. The molecule has 0 bridgehead atoms. The molecule has 0 spiro atoms. The van der Waals surface area contributed by atoms with Gasteiger partial charge < -0.3 is 15.0 Å². The van der Waals surface area contributed by atoms with Gasteiger partial charge in [0.15, 0.2) is 5.65 Å². The van der Waals surface area contributed by atoms with Crippen molar-refractivity contribution in [2.24, 2.45) is 0 Å². The summed E-state index contributed by atoms with van der Waals surface area (Å²) in [6.07, 6.45) is 5.06. The summed E-state index contributed by atoms with van der Waals surface area (Å²) in [6, 6.07) is 17.5. The Labute approximate surface area is 192 Å². The van der Waals surface area contributed by atoms with Crippen LogP contribution in [-0.2, 0) is 0 Å². The van der Waals surface area contributed by atoms with Crippen LogP contribution in [0, 0.1) is 0 Å². The van der Waals surface area contributed by atoms with Crippen molar-refractivity contribution in [1.29, 1.82) is 0 Å². The molecule has 8 heteroatoms. The number of hydrogen-bond acceptors (Lipinski definition) is 6. The second-order valence-electron chi connectivity index (χ2n) is 8.02. The SMILES string of the molecule is CCOc1ccc(C(=O)N2CCC(Nc3ncnc4c3cnn4-c3ccccc3)CC2)cc1. The Morgan fingerprint density at radius 3 is 2.55 bits per heavy atom. The molecular weight excluding hydrogens is 416 g/mol. The molecule has 1 aliphatic rings. The van der Waals surface area contributed by atoms with Crippen molar-refractivity contribution in [1.82, 2.24) is 24.6 Å². The minimum atomic E-state index is 0.0602. The summed E-state index contributed by atoms with van der Waals surface area (Å²) in [5, 5.41) is 8.95. The quantitative estimate of drug-likeness (QED) is 0.487. The minimum Gasteiger partial charge on any atom is -0.494 e. The zero-order valence-electron chi connectivity index (χ0n) is 18.5. The van der Waals surface area contributed by atoms with Gasteiger partial charge in [-0.3, -0.25) is 4.79 Å². The average Bonchev–Trinajstić information content (AvgIpc) is 3.31. The summed E-state index contributed by atoms with van der Waals surface area (Å²) >= 11 is 0. The van der Waals surface area contributed by atoms with E-state index in [-0.39, 0.29) is 11.9 Å². The van der Waals surface area contributed by atoms with Crippen molar-refractivity contribution >= 4 is 22.8 Å². The Kier molecular flexibility index (Phi) is 5.89. The first-order valence-corrected chi connectivity index (χ1v) is 11.3. The van der Waals surface area contributed by atoms with Crippen LogP contribution in [0.1, 0.15) is 30.1 Å². The highest BCUT2D eigenvalue weighted by molar-refractivity contribution is 5.94. The van der Waals surface area contributed by atoms with Crippen molar-refractivity contribution in [3.8, 4) is 11.4 Å². The van der Waals surface area contributed by atoms with Crippen molar-refractivity contribution in [3.05, 3.63) is 72.7 Å². The van der Waals surface area contributed by atoms with Crippen LogP contribution in [-0.4, -0.2) is 56.3 Å². The van der Waals surface area contributed by atoms with Gasteiger partial charge in [0.1, 0.15) is 17.9 Å². The Morgan fingerprint density at radius 1 is 1.06 bits per heavy atom. The molecule has 4 aromatic rings. The van der Waals surface area contributed by atoms with Gasteiger partial charge in [-0.25, -0.2) is 14.6 Å². The third-order valence-corrected chi connectivity index (χ3v) is 5.90. The number of carbonyl (C=O) groups excluding carboxylic acids is 1. The largest absolute Gasteiger partial charge is 0.494 e. The highest BCUT2D eigenvalue weighted by atomic mass is 16.5. The molecule has 8 nitrogen and oxygen atoms in total. The number of piperidine rings is 1. The number of carbonyl (C=O) groups is 1. The zero-order chi connectivity index (χ0) is 22.6. The third kappa shape index (κ3) is 4.37. The molecule has 1 saturated heterocycles. The van der Waals surface area contributed by atoms with Gasteiger partial charge in [0.05, 0.1) is 23.9 Å². The maximum atomic E-state index is 12.9. The predicted octanol–water partition coefficient (Wildman–Crippen LogP) is 3.93. The van der Waals surface area contributed by atoms with E-state index < -0.39 is 0 Å². The van der Waals surface area contributed by atoms with Crippen LogP contribution in [0.4, 0.5) is 5.82 Å². The number of para-hydroxylation sites is 1. The van der Waals surface area contributed by atoms with E-state index in [1.54, 1.807) is 12.5 Å². The molecule has 0 aliphatic carbocycles. The lowest BCUT2D eigenvalue weighted by atomic mass is 10.0.